The lowest BCUT2D eigenvalue weighted by Gasteiger charge is -2.11. The Bertz CT molecular complexity index is 1030. The Hall–Kier alpha value is -2.38. The van der Waals surface area contributed by atoms with Gasteiger partial charge in [-0.15, -0.1) is 0 Å². The molecule has 0 aliphatic heterocycles. The van der Waals surface area contributed by atoms with Crippen molar-refractivity contribution in [3.05, 3.63) is 85.7 Å². The van der Waals surface area contributed by atoms with E-state index in [9.17, 15) is 4.79 Å². The Labute approximate surface area is 186 Å². The number of nitrogens with one attached hydrogen (secondary N) is 1. The van der Waals surface area contributed by atoms with Crippen LogP contribution in [0.4, 0.5) is 0 Å². The highest BCUT2D eigenvalue weighted by Gasteiger charge is 2.10. The molecule has 0 aliphatic rings. The number of carbonyl (C=O) groups excluding carboxylic acids is 1. The molecule has 0 aliphatic carbocycles. The number of benzene rings is 2. The number of hydrogen-bond acceptors (Lipinski definition) is 4. The van der Waals surface area contributed by atoms with Gasteiger partial charge in [-0.1, -0.05) is 12.1 Å². The van der Waals surface area contributed by atoms with Crippen LogP contribution in [-0.4, -0.2) is 11.6 Å². The van der Waals surface area contributed by atoms with Crippen molar-refractivity contribution in [1.82, 2.24) is 5.43 Å². The molecule has 3 aromatic rings. The zero-order valence-electron chi connectivity index (χ0n) is 16.3. The van der Waals surface area contributed by atoms with Gasteiger partial charge in [0.25, 0.3) is 5.91 Å². The van der Waals surface area contributed by atoms with Crippen molar-refractivity contribution >= 4 is 43.5 Å². The summed E-state index contributed by atoms with van der Waals surface area (Å²) in [4.78, 5) is 12.3. The second-order valence-corrected chi connectivity index (χ2v) is 8.30. The molecule has 0 spiro atoms. The van der Waals surface area contributed by atoms with Crippen LogP contribution in [0.5, 0.6) is 5.75 Å². The Balaban J connectivity index is 1.60. The van der Waals surface area contributed by atoms with E-state index in [0.717, 1.165) is 31.6 Å². The van der Waals surface area contributed by atoms with Crippen molar-refractivity contribution in [3.63, 3.8) is 0 Å². The SMILES string of the molecule is C/C(=N\NC(=O)c1ccc(COc2c(Br)cc(C)cc2Br)cc1)c1ccc(C)o1. The fourth-order valence-electron chi connectivity index (χ4n) is 2.62. The molecule has 29 heavy (non-hydrogen) atoms. The Morgan fingerprint density at radius 1 is 1.07 bits per heavy atom. The van der Waals surface area contributed by atoms with E-state index in [2.05, 4.69) is 42.4 Å². The minimum Gasteiger partial charge on any atom is -0.487 e. The van der Waals surface area contributed by atoms with Gasteiger partial charge in [-0.2, -0.15) is 5.10 Å². The van der Waals surface area contributed by atoms with Gasteiger partial charge in [-0.05, 0) is 100 Å². The van der Waals surface area contributed by atoms with Crippen LogP contribution < -0.4 is 10.2 Å². The summed E-state index contributed by atoms with van der Waals surface area (Å²) in [5.41, 5.74) is 5.75. The molecule has 1 aromatic heterocycles. The number of carbonyl (C=O) groups is 1. The number of ether oxygens (including phenoxy) is 1. The van der Waals surface area contributed by atoms with Crippen molar-refractivity contribution in [2.75, 3.05) is 0 Å². The third-order valence-electron chi connectivity index (χ3n) is 4.16. The van der Waals surface area contributed by atoms with Crippen molar-refractivity contribution in [2.45, 2.75) is 27.4 Å². The maximum atomic E-state index is 12.3. The highest BCUT2D eigenvalue weighted by Crippen LogP contribution is 2.35. The maximum Gasteiger partial charge on any atom is 0.271 e. The molecule has 150 valence electrons. The lowest BCUT2D eigenvalue weighted by Crippen LogP contribution is -2.19. The number of hydrogen-bond donors (Lipinski definition) is 1. The number of hydrazone groups is 1. The minimum atomic E-state index is -0.288. The second kappa shape index (κ2) is 9.41. The summed E-state index contributed by atoms with van der Waals surface area (Å²) in [6.45, 7) is 6.04. The summed E-state index contributed by atoms with van der Waals surface area (Å²) >= 11 is 7.04. The quantitative estimate of drug-likeness (QED) is 0.313. The third-order valence-corrected chi connectivity index (χ3v) is 5.34. The highest BCUT2D eigenvalue weighted by molar-refractivity contribution is 9.11. The fourth-order valence-corrected chi connectivity index (χ4v) is 4.26. The van der Waals surface area contributed by atoms with Crippen molar-refractivity contribution in [3.8, 4) is 5.75 Å². The molecule has 0 unspecified atom stereocenters. The lowest BCUT2D eigenvalue weighted by molar-refractivity contribution is 0.0954. The zero-order chi connectivity index (χ0) is 21.0. The summed E-state index contributed by atoms with van der Waals surface area (Å²) < 4.78 is 13.2. The molecule has 0 saturated carbocycles. The first kappa shape index (κ1) is 21.3. The third kappa shape index (κ3) is 5.58. The Morgan fingerprint density at radius 3 is 2.31 bits per heavy atom. The van der Waals surface area contributed by atoms with Crippen molar-refractivity contribution < 1.29 is 13.9 Å². The van der Waals surface area contributed by atoms with Gasteiger partial charge >= 0.3 is 0 Å². The van der Waals surface area contributed by atoms with Gasteiger partial charge in [0.1, 0.15) is 29.6 Å². The van der Waals surface area contributed by atoms with E-state index in [1.54, 1.807) is 19.1 Å². The first-order valence-corrected chi connectivity index (χ1v) is 10.5. The van der Waals surface area contributed by atoms with Crippen LogP contribution in [0.25, 0.3) is 0 Å². The summed E-state index contributed by atoms with van der Waals surface area (Å²) in [5.74, 6) is 1.88. The van der Waals surface area contributed by atoms with Crippen LogP contribution in [-0.2, 0) is 6.61 Å². The Morgan fingerprint density at radius 2 is 1.72 bits per heavy atom. The largest absolute Gasteiger partial charge is 0.487 e. The summed E-state index contributed by atoms with van der Waals surface area (Å²) in [5, 5.41) is 4.10. The molecule has 7 heteroatoms. The molecule has 3 rings (SSSR count). The number of halogens is 2. The molecule has 0 radical (unpaired) electrons. The van der Waals surface area contributed by atoms with Crippen LogP contribution in [0.1, 0.15) is 39.9 Å². The van der Waals surface area contributed by atoms with Crippen molar-refractivity contribution in [2.24, 2.45) is 5.10 Å². The minimum absolute atomic E-state index is 0.288. The summed E-state index contributed by atoms with van der Waals surface area (Å²) in [6, 6.07) is 14.9. The second-order valence-electron chi connectivity index (χ2n) is 6.59. The first-order valence-electron chi connectivity index (χ1n) is 8.92. The van der Waals surface area contributed by atoms with E-state index in [1.165, 1.54) is 0 Å². The molecule has 1 N–H and O–H groups in total. The molecule has 5 nitrogen and oxygen atoms in total. The lowest BCUT2D eigenvalue weighted by atomic mass is 10.1. The normalized spacial score (nSPS) is 11.4. The van der Waals surface area contributed by atoms with Gasteiger partial charge in [0.15, 0.2) is 0 Å². The molecule has 2 aromatic carbocycles. The average Bonchev–Trinajstić information content (AvgIpc) is 3.12. The predicted octanol–water partition coefficient (Wildman–Crippen LogP) is 6.15. The molecule has 0 fully saturated rings. The molecule has 0 saturated heterocycles. The Kier molecular flexibility index (Phi) is 6.92. The van der Waals surface area contributed by atoms with Gasteiger partial charge < -0.3 is 9.15 Å². The summed E-state index contributed by atoms with van der Waals surface area (Å²) in [6.07, 6.45) is 0. The molecule has 1 amide bonds. The number of amides is 1. The smallest absolute Gasteiger partial charge is 0.271 e. The van der Waals surface area contributed by atoms with E-state index in [1.807, 2.05) is 50.2 Å². The molecular formula is C22H20Br2N2O3. The van der Waals surface area contributed by atoms with Gasteiger partial charge in [0.2, 0.25) is 0 Å². The van der Waals surface area contributed by atoms with Crippen LogP contribution >= 0.6 is 31.9 Å². The van der Waals surface area contributed by atoms with Gasteiger partial charge in [0.05, 0.1) is 8.95 Å². The van der Waals surface area contributed by atoms with Crippen LogP contribution in [0.15, 0.2) is 67.0 Å². The molecule has 0 atom stereocenters. The van der Waals surface area contributed by atoms with Crippen LogP contribution in [0.2, 0.25) is 0 Å². The highest BCUT2D eigenvalue weighted by atomic mass is 79.9. The molecular weight excluding hydrogens is 500 g/mol. The van der Waals surface area contributed by atoms with E-state index in [0.29, 0.717) is 23.6 Å². The first-order chi connectivity index (χ1) is 13.8. The standard InChI is InChI=1S/C22H20Br2N2O3/c1-13-10-18(23)21(19(24)11-13)28-12-16-5-7-17(8-6-16)22(27)26-25-15(3)20-9-4-14(2)29-20/h4-11H,12H2,1-3H3,(H,26,27)/b25-15+. The van der Waals surface area contributed by atoms with E-state index < -0.39 is 0 Å². The average molecular weight is 520 g/mol. The van der Waals surface area contributed by atoms with Crippen molar-refractivity contribution in [1.29, 1.82) is 0 Å². The van der Waals surface area contributed by atoms with Crippen LogP contribution in [0.3, 0.4) is 0 Å². The molecule has 0 bridgehead atoms. The number of rotatable bonds is 6. The topological polar surface area (TPSA) is 63.8 Å². The van der Waals surface area contributed by atoms with E-state index >= 15 is 0 Å². The monoisotopic (exact) mass is 518 g/mol. The van der Waals surface area contributed by atoms with Gasteiger partial charge in [-0.3, -0.25) is 4.79 Å². The summed E-state index contributed by atoms with van der Waals surface area (Å²) in [7, 11) is 0. The maximum absolute atomic E-state index is 12.3. The van der Waals surface area contributed by atoms with Gasteiger partial charge in [-0.25, -0.2) is 5.43 Å². The molecule has 1 heterocycles. The number of nitrogens with zero attached hydrogens (tertiary/aromatic N) is 1. The number of furan rings is 1. The predicted molar refractivity (Wildman–Crippen MR) is 120 cm³/mol. The van der Waals surface area contributed by atoms with Crippen LogP contribution in [0, 0.1) is 13.8 Å². The number of aryl methyl sites for hydroxylation is 2. The van der Waals surface area contributed by atoms with E-state index in [-0.39, 0.29) is 5.91 Å². The zero-order valence-corrected chi connectivity index (χ0v) is 19.4. The fraction of sp³-hybridized carbons (Fsp3) is 0.182. The van der Waals surface area contributed by atoms with Gasteiger partial charge in [0, 0.05) is 5.56 Å². The van der Waals surface area contributed by atoms with E-state index in [4.69, 9.17) is 9.15 Å².